The highest BCUT2D eigenvalue weighted by Gasteiger charge is 2.31. The van der Waals surface area contributed by atoms with E-state index < -0.39 is 6.04 Å². The van der Waals surface area contributed by atoms with Crippen molar-refractivity contribution in [3.05, 3.63) is 12.2 Å². The summed E-state index contributed by atoms with van der Waals surface area (Å²) in [6.07, 6.45) is 4.68. The minimum Gasteiger partial charge on any atom is -0.341 e. The van der Waals surface area contributed by atoms with Gasteiger partial charge >= 0.3 is 0 Å². The van der Waals surface area contributed by atoms with Crippen molar-refractivity contribution >= 4 is 5.91 Å². The first-order valence-corrected chi connectivity index (χ1v) is 7.42. The summed E-state index contributed by atoms with van der Waals surface area (Å²) >= 11 is 0. The van der Waals surface area contributed by atoms with E-state index >= 15 is 0 Å². The predicted molar refractivity (Wildman–Crippen MR) is 77.0 cm³/mol. The lowest BCUT2D eigenvalue weighted by Crippen LogP contribution is -2.50. The van der Waals surface area contributed by atoms with E-state index in [4.69, 9.17) is 5.73 Å². The van der Waals surface area contributed by atoms with Crippen LogP contribution in [0.3, 0.4) is 0 Å². The Morgan fingerprint density at radius 1 is 1.60 bits per heavy atom. The highest BCUT2D eigenvalue weighted by molar-refractivity contribution is 5.82. The number of carbonyl (C=O) groups excluding carboxylic acids is 1. The molecular formula is C14H25N5O. The molecule has 2 unspecified atom stereocenters. The molecule has 2 heterocycles. The highest BCUT2D eigenvalue weighted by Crippen LogP contribution is 2.25. The fourth-order valence-corrected chi connectivity index (χ4v) is 2.76. The molecule has 0 bridgehead atoms. The Morgan fingerprint density at radius 3 is 2.95 bits per heavy atom. The molecule has 1 aliphatic rings. The molecule has 0 aliphatic carbocycles. The van der Waals surface area contributed by atoms with E-state index in [9.17, 15) is 4.79 Å². The third-order valence-electron chi connectivity index (χ3n) is 4.39. The summed E-state index contributed by atoms with van der Waals surface area (Å²) in [6, 6.07) is -0.391. The molecule has 1 amide bonds. The summed E-state index contributed by atoms with van der Waals surface area (Å²) in [5.74, 6) is 1.52. The molecule has 20 heavy (non-hydrogen) atoms. The summed E-state index contributed by atoms with van der Waals surface area (Å²) in [4.78, 5) is 14.4. The lowest BCUT2D eigenvalue weighted by molar-refractivity contribution is -0.135. The third kappa shape index (κ3) is 3.00. The Kier molecular flexibility index (Phi) is 4.75. The molecule has 1 aromatic rings. The number of likely N-dealkylation sites (tertiary alicyclic amines) is 1. The Morgan fingerprint density at radius 2 is 2.35 bits per heavy atom. The Labute approximate surface area is 120 Å². The first-order valence-electron chi connectivity index (χ1n) is 7.42. The van der Waals surface area contributed by atoms with Gasteiger partial charge in [0.25, 0.3) is 0 Å². The molecule has 0 radical (unpaired) electrons. The van der Waals surface area contributed by atoms with Crippen molar-refractivity contribution in [2.75, 3.05) is 13.1 Å². The van der Waals surface area contributed by atoms with Crippen molar-refractivity contribution in [1.82, 2.24) is 19.7 Å². The van der Waals surface area contributed by atoms with Crippen LogP contribution in [-0.2, 0) is 11.8 Å². The number of carbonyl (C=O) groups is 1. The van der Waals surface area contributed by atoms with E-state index in [2.05, 4.69) is 17.1 Å². The van der Waals surface area contributed by atoms with Crippen molar-refractivity contribution in [3.63, 3.8) is 0 Å². The number of aromatic nitrogens is 3. The number of amides is 1. The van der Waals surface area contributed by atoms with E-state index in [-0.39, 0.29) is 17.7 Å². The van der Waals surface area contributed by atoms with Crippen LogP contribution in [0.15, 0.2) is 6.33 Å². The first kappa shape index (κ1) is 15.0. The van der Waals surface area contributed by atoms with Crippen LogP contribution in [0.25, 0.3) is 0 Å². The molecule has 112 valence electrons. The third-order valence-corrected chi connectivity index (χ3v) is 4.39. The smallest absolute Gasteiger partial charge is 0.239 e. The standard InChI is InChI=1S/C14H25N5O/c1-4-10(2)12(15)14(20)19-7-5-6-11(8-19)13-17-16-9-18(13)3/h9-12H,4-8,15H2,1-3H3/t10?,11?,12-/m0/s1. The SMILES string of the molecule is CCC(C)[C@H](N)C(=O)N1CCCC(c2nncn2C)C1. The quantitative estimate of drug-likeness (QED) is 0.888. The minimum atomic E-state index is -0.391. The minimum absolute atomic E-state index is 0.0752. The van der Waals surface area contributed by atoms with Crippen molar-refractivity contribution in [2.24, 2.45) is 18.7 Å². The van der Waals surface area contributed by atoms with E-state index in [1.54, 1.807) is 6.33 Å². The number of nitrogens with two attached hydrogens (primary N) is 1. The number of hydrogen-bond donors (Lipinski definition) is 1. The van der Waals surface area contributed by atoms with Gasteiger partial charge in [0.2, 0.25) is 5.91 Å². The first-order chi connectivity index (χ1) is 9.54. The predicted octanol–water partition coefficient (Wildman–Crippen LogP) is 0.894. The van der Waals surface area contributed by atoms with Crippen molar-refractivity contribution in [1.29, 1.82) is 0 Å². The van der Waals surface area contributed by atoms with Gasteiger partial charge in [-0.25, -0.2) is 0 Å². The lowest BCUT2D eigenvalue weighted by atomic mass is 9.94. The van der Waals surface area contributed by atoms with Gasteiger partial charge in [-0.3, -0.25) is 4.79 Å². The van der Waals surface area contributed by atoms with Gasteiger partial charge in [0, 0.05) is 26.1 Å². The van der Waals surface area contributed by atoms with Gasteiger partial charge in [0.1, 0.15) is 12.2 Å². The van der Waals surface area contributed by atoms with Crippen LogP contribution in [0.2, 0.25) is 0 Å². The van der Waals surface area contributed by atoms with Gasteiger partial charge in [0.15, 0.2) is 0 Å². The molecule has 6 heteroatoms. The fourth-order valence-electron chi connectivity index (χ4n) is 2.76. The molecule has 3 atom stereocenters. The second-order valence-electron chi connectivity index (χ2n) is 5.83. The van der Waals surface area contributed by atoms with Gasteiger partial charge in [-0.1, -0.05) is 20.3 Å². The molecule has 1 fully saturated rings. The normalized spacial score (nSPS) is 22.6. The maximum absolute atomic E-state index is 12.5. The largest absolute Gasteiger partial charge is 0.341 e. The second kappa shape index (κ2) is 6.35. The second-order valence-corrected chi connectivity index (χ2v) is 5.83. The lowest BCUT2D eigenvalue weighted by Gasteiger charge is -2.34. The van der Waals surface area contributed by atoms with Crippen LogP contribution in [0.5, 0.6) is 0 Å². The Hall–Kier alpha value is -1.43. The van der Waals surface area contributed by atoms with Gasteiger partial charge in [-0.15, -0.1) is 10.2 Å². The molecule has 0 spiro atoms. The monoisotopic (exact) mass is 279 g/mol. The van der Waals surface area contributed by atoms with Crippen LogP contribution in [0, 0.1) is 5.92 Å². The maximum atomic E-state index is 12.5. The molecule has 1 aliphatic heterocycles. The van der Waals surface area contributed by atoms with Gasteiger partial charge in [-0.2, -0.15) is 0 Å². The van der Waals surface area contributed by atoms with Gasteiger partial charge < -0.3 is 15.2 Å². The van der Waals surface area contributed by atoms with Crippen LogP contribution in [-0.4, -0.2) is 44.7 Å². The van der Waals surface area contributed by atoms with E-state index in [0.29, 0.717) is 6.54 Å². The highest BCUT2D eigenvalue weighted by atomic mass is 16.2. The van der Waals surface area contributed by atoms with Crippen LogP contribution in [0.1, 0.15) is 44.9 Å². The van der Waals surface area contributed by atoms with E-state index in [1.807, 2.05) is 23.4 Å². The molecule has 2 N–H and O–H groups in total. The molecular weight excluding hydrogens is 254 g/mol. The number of nitrogens with zero attached hydrogens (tertiary/aromatic N) is 4. The molecule has 6 nitrogen and oxygen atoms in total. The fraction of sp³-hybridized carbons (Fsp3) is 0.786. The summed E-state index contributed by atoms with van der Waals surface area (Å²) in [6.45, 7) is 5.61. The number of hydrogen-bond acceptors (Lipinski definition) is 4. The molecule has 0 saturated carbocycles. The maximum Gasteiger partial charge on any atom is 0.239 e. The van der Waals surface area contributed by atoms with E-state index in [0.717, 1.165) is 31.6 Å². The number of aryl methyl sites for hydroxylation is 1. The molecule has 2 rings (SSSR count). The van der Waals surface area contributed by atoms with Crippen molar-refractivity contribution in [3.8, 4) is 0 Å². The van der Waals surface area contributed by atoms with Crippen molar-refractivity contribution in [2.45, 2.75) is 45.1 Å². The Bertz CT molecular complexity index is 458. The Balaban J connectivity index is 2.04. The number of rotatable bonds is 4. The molecule has 1 aromatic heterocycles. The number of piperidine rings is 1. The summed E-state index contributed by atoms with van der Waals surface area (Å²) in [5, 5.41) is 8.10. The van der Waals surface area contributed by atoms with Crippen LogP contribution < -0.4 is 5.73 Å². The topological polar surface area (TPSA) is 77.0 Å². The van der Waals surface area contributed by atoms with Crippen molar-refractivity contribution < 1.29 is 4.79 Å². The zero-order valence-corrected chi connectivity index (χ0v) is 12.6. The summed E-state index contributed by atoms with van der Waals surface area (Å²) < 4.78 is 1.94. The molecule has 1 saturated heterocycles. The average Bonchev–Trinajstić information content (AvgIpc) is 2.91. The van der Waals surface area contributed by atoms with Gasteiger partial charge in [0.05, 0.1) is 6.04 Å². The average molecular weight is 279 g/mol. The van der Waals surface area contributed by atoms with E-state index in [1.165, 1.54) is 0 Å². The summed E-state index contributed by atoms with van der Waals surface area (Å²) in [5.41, 5.74) is 6.07. The van der Waals surface area contributed by atoms with Crippen LogP contribution >= 0.6 is 0 Å². The van der Waals surface area contributed by atoms with Crippen LogP contribution in [0.4, 0.5) is 0 Å². The zero-order chi connectivity index (χ0) is 14.7. The van der Waals surface area contributed by atoms with Gasteiger partial charge in [-0.05, 0) is 18.8 Å². The molecule has 0 aromatic carbocycles. The summed E-state index contributed by atoms with van der Waals surface area (Å²) in [7, 11) is 1.95. The zero-order valence-electron chi connectivity index (χ0n) is 12.6.